The van der Waals surface area contributed by atoms with Gasteiger partial charge in [0.25, 0.3) is 0 Å². The maximum absolute atomic E-state index is 11.9. The zero-order chi connectivity index (χ0) is 19.2. The molecular formula is C18H29N7O2. The molecule has 3 heterocycles. The molecule has 2 aliphatic rings. The number of carbonyl (C=O) groups is 2. The maximum atomic E-state index is 11.9. The second-order valence-corrected chi connectivity index (χ2v) is 7.09. The highest BCUT2D eigenvalue weighted by molar-refractivity contribution is 5.97. The molecule has 2 saturated heterocycles. The molecular weight excluding hydrogens is 346 g/mol. The third kappa shape index (κ3) is 4.99. The Morgan fingerprint density at radius 3 is 2.74 bits per heavy atom. The number of imide groups is 1. The van der Waals surface area contributed by atoms with Gasteiger partial charge in [-0.1, -0.05) is 0 Å². The van der Waals surface area contributed by atoms with E-state index in [1.54, 1.807) is 7.05 Å². The Balaban J connectivity index is 1.47. The van der Waals surface area contributed by atoms with Crippen LogP contribution >= 0.6 is 0 Å². The summed E-state index contributed by atoms with van der Waals surface area (Å²) in [6, 6.07) is 0.281. The predicted molar refractivity (Wildman–Crippen MR) is 104 cm³/mol. The van der Waals surface area contributed by atoms with Crippen LogP contribution in [0.2, 0.25) is 0 Å². The third-order valence-electron chi connectivity index (χ3n) is 5.05. The van der Waals surface area contributed by atoms with E-state index in [0.717, 1.165) is 31.6 Å². The van der Waals surface area contributed by atoms with Crippen LogP contribution in [0.4, 0.5) is 5.69 Å². The molecule has 0 aromatic carbocycles. The summed E-state index contributed by atoms with van der Waals surface area (Å²) in [5.41, 5.74) is 1.13. The summed E-state index contributed by atoms with van der Waals surface area (Å²) in [4.78, 5) is 31.7. The van der Waals surface area contributed by atoms with Crippen molar-refractivity contribution in [2.75, 3.05) is 38.1 Å². The molecule has 0 aliphatic carbocycles. The summed E-state index contributed by atoms with van der Waals surface area (Å²) in [5, 5.41) is 10.9. The van der Waals surface area contributed by atoms with Crippen LogP contribution < -0.4 is 15.5 Å². The van der Waals surface area contributed by atoms with Gasteiger partial charge in [-0.15, -0.1) is 0 Å². The van der Waals surface area contributed by atoms with E-state index >= 15 is 0 Å². The molecule has 2 N–H and O–H groups in total. The second-order valence-electron chi connectivity index (χ2n) is 7.09. The number of carbonyl (C=O) groups excluding carboxylic acids is 2. The zero-order valence-electron chi connectivity index (χ0n) is 16.1. The van der Waals surface area contributed by atoms with Gasteiger partial charge in [0.05, 0.1) is 11.9 Å². The van der Waals surface area contributed by atoms with E-state index in [1.807, 2.05) is 24.1 Å². The summed E-state index contributed by atoms with van der Waals surface area (Å²) in [5.74, 6) is 0.552. The van der Waals surface area contributed by atoms with Gasteiger partial charge in [-0.25, -0.2) is 0 Å². The van der Waals surface area contributed by atoms with Gasteiger partial charge >= 0.3 is 0 Å². The molecule has 0 bridgehead atoms. The van der Waals surface area contributed by atoms with Crippen molar-refractivity contribution in [1.82, 2.24) is 25.3 Å². The van der Waals surface area contributed by atoms with Gasteiger partial charge in [0.1, 0.15) is 0 Å². The van der Waals surface area contributed by atoms with E-state index in [0.29, 0.717) is 38.3 Å². The Hall–Kier alpha value is -2.58. The van der Waals surface area contributed by atoms with E-state index in [1.165, 1.54) is 4.90 Å². The van der Waals surface area contributed by atoms with Crippen molar-refractivity contribution in [3.63, 3.8) is 0 Å². The third-order valence-corrected chi connectivity index (χ3v) is 5.05. The molecule has 0 saturated carbocycles. The van der Waals surface area contributed by atoms with Gasteiger partial charge in [0, 0.05) is 65.4 Å². The molecule has 1 aromatic heterocycles. The fourth-order valence-corrected chi connectivity index (χ4v) is 3.62. The van der Waals surface area contributed by atoms with E-state index in [-0.39, 0.29) is 17.9 Å². The topological polar surface area (TPSA) is 94.9 Å². The number of anilines is 1. The minimum atomic E-state index is -0.0737. The van der Waals surface area contributed by atoms with E-state index in [2.05, 4.69) is 25.6 Å². The number of aliphatic imine (C=N–C) groups is 1. The average Bonchev–Trinajstić information content (AvgIpc) is 3.10. The lowest BCUT2D eigenvalue weighted by Gasteiger charge is -2.34. The molecule has 9 nitrogen and oxygen atoms in total. The van der Waals surface area contributed by atoms with Gasteiger partial charge < -0.3 is 15.5 Å². The van der Waals surface area contributed by atoms with Crippen LogP contribution in [0.5, 0.6) is 0 Å². The summed E-state index contributed by atoms with van der Waals surface area (Å²) in [7, 11) is 3.65. The Morgan fingerprint density at radius 2 is 2.07 bits per heavy atom. The predicted octanol–water partition coefficient (Wildman–Crippen LogP) is 0.0930. The molecule has 1 atom stereocenters. The van der Waals surface area contributed by atoms with Crippen molar-refractivity contribution >= 4 is 23.5 Å². The largest absolute Gasteiger partial charge is 0.367 e. The first-order chi connectivity index (χ1) is 13.1. The quantitative estimate of drug-likeness (QED) is 0.430. The smallest absolute Gasteiger partial charge is 0.229 e. The van der Waals surface area contributed by atoms with Gasteiger partial charge in [-0.2, -0.15) is 5.10 Å². The second kappa shape index (κ2) is 8.88. The highest BCUT2D eigenvalue weighted by Gasteiger charge is 2.25. The van der Waals surface area contributed by atoms with Crippen LogP contribution in [0.25, 0.3) is 0 Å². The number of aromatic nitrogens is 2. The highest BCUT2D eigenvalue weighted by Crippen LogP contribution is 2.19. The lowest BCUT2D eigenvalue weighted by Crippen LogP contribution is -2.52. The number of guanidine groups is 1. The first-order valence-corrected chi connectivity index (χ1v) is 9.61. The zero-order valence-corrected chi connectivity index (χ0v) is 16.1. The lowest BCUT2D eigenvalue weighted by molar-refractivity contribution is -0.147. The number of amides is 2. The minimum Gasteiger partial charge on any atom is -0.367 e. The number of nitrogens with zero attached hydrogens (tertiary/aromatic N) is 5. The molecule has 2 aliphatic heterocycles. The Bertz CT molecular complexity index is 684. The van der Waals surface area contributed by atoms with Crippen molar-refractivity contribution in [2.45, 2.75) is 38.1 Å². The van der Waals surface area contributed by atoms with Crippen LogP contribution in [0, 0.1) is 0 Å². The van der Waals surface area contributed by atoms with Crippen molar-refractivity contribution in [1.29, 1.82) is 0 Å². The van der Waals surface area contributed by atoms with Gasteiger partial charge in [0.2, 0.25) is 11.8 Å². The van der Waals surface area contributed by atoms with Crippen LogP contribution in [-0.4, -0.2) is 71.7 Å². The molecule has 2 fully saturated rings. The van der Waals surface area contributed by atoms with Crippen LogP contribution in [-0.2, 0) is 16.6 Å². The average molecular weight is 375 g/mol. The molecule has 9 heteroatoms. The number of hydrogen-bond donors (Lipinski definition) is 2. The summed E-state index contributed by atoms with van der Waals surface area (Å²) in [6.45, 7) is 2.78. The number of piperidine rings is 2. The highest BCUT2D eigenvalue weighted by atomic mass is 16.2. The van der Waals surface area contributed by atoms with E-state index in [9.17, 15) is 9.59 Å². The van der Waals surface area contributed by atoms with Gasteiger partial charge in [-0.05, 0) is 19.3 Å². The van der Waals surface area contributed by atoms with Gasteiger partial charge in [0.15, 0.2) is 5.96 Å². The fraction of sp³-hybridized carbons (Fsp3) is 0.667. The normalized spacial score (nSPS) is 21.6. The van der Waals surface area contributed by atoms with E-state index < -0.39 is 0 Å². The monoisotopic (exact) mass is 375 g/mol. The lowest BCUT2D eigenvalue weighted by atomic mass is 10.1. The number of likely N-dealkylation sites (tertiary alicyclic amines) is 1. The molecule has 2 amide bonds. The summed E-state index contributed by atoms with van der Waals surface area (Å²) >= 11 is 0. The summed E-state index contributed by atoms with van der Waals surface area (Å²) < 4.78 is 1.82. The first kappa shape index (κ1) is 19.2. The molecule has 148 valence electrons. The van der Waals surface area contributed by atoms with Crippen LogP contribution in [0.3, 0.4) is 0 Å². The molecule has 1 unspecified atom stereocenters. The van der Waals surface area contributed by atoms with Crippen molar-refractivity contribution in [3.05, 3.63) is 12.4 Å². The Morgan fingerprint density at radius 1 is 1.30 bits per heavy atom. The number of nitrogens with one attached hydrogen (secondary N) is 2. The standard InChI is InChI=1S/C18H29N7O2/c1-19-18(20-8-10-25-16(26)6-3-7-17(25)27)22-14-5-4-9-24(12-14)15-11-21-23(2)13-15/h11,13-14H,3-10,12H2,1-2H3,(H2,19,20,22). The van der Waals surface area contributed by atoms with Crippen molar-refractivity contribution < 1.29 is 9.59 Å². The van der Waals surface area contributed by atoms with E-state index in [4.69, 9.17) is 0 Å². The van der Waals surface area contributed by atoms with Crippen LogP contribution in [0.15, 0.2) is 17.4 Å². The van der Waals surface area contributed by atoms with Crippen LogP contribution in [0.1, 0.15) is 32.1 Å². The fourth-order valence-electron chi connectivity index (χ4n) is 3.62. The molecule has 1 aromatic rings. The van der Waals surface area contributed by atoms with Crippen molar-refractivity contribution in [3.8, 4) is 0 Å². The Kier molecular flexibility index (Phi) is 6.31. The SMILES string of the molecule is CN=C(NCCN1C(=O)CCCC1=O)NC1CCCN(c2cnn(C)c2)C1. The first-order valence-electron chi connectivity index (χ1n) is 9.61. The Labute approximate surface area is 159 Å². The maximum Gasteiger partial charge on any atom is 0.229 e. The minimum absolute atomic E-state index is 0.0737. The van der Waals surface area contributed by atoms with Gasteiger partial charge in [-0.3, -0.25) is 24.2 Å². The molecule has 27 heavy (non-hydrogen) atoms. The molecule has 0 spiro atoms. The molecule has 3 rings (SSSR count). The number of aryl methyl sites for hydroxylation is 1. The number of rotatable bonds is 5. The number of hydrogen-bond acceptors (Lipinski definition) is 5. The molecule has 0 radical (unpaired) electrons. The summed E-state index contributed by atoms with van der Waals surface area (Å²) in [6.07, 6.45) is 7.68. The van der Waals surface area contributed by atoms with Crippen molar-refractivity contribution in [2.24, 2.45) is 12.0 Å².